The second-order valence-electron chi connectivity index (χ2n) is 4.89. The average molecular weight is 339 g/mol. The average Bonchev–Trinajstić information content (AvgIpc) is 2.35. The van der Waals surface area contributed by atoms with Crippen LogP contribution in [0.3, 0.4) is 0 Å². The van der Waals surface area contributed by atoms with E-state index in [2.05, 4.69) is 0 Å². The van der Waals surface area contributed by atoms with Crippen LogP contribution in [-0.4, -0.2) is 32.0 Å². The summed E-state index contributed by atoms with van der Waals surface area (Å²) in [6.07, 6.45) is 6.66. The number of carbonyl (C=O) groups is 1. The fourth-order valence-electron chi connectivity index (χ4n) is 2.63. The fourth-order valence-corrected chi connectivity index (χ4v) is 2.63. The number of hydrogen-bond donors (Lipinski definition) is 0. The van der Waals surface area contributed by atoms with Crippen LogP contribution in [-0.2, 0) is 14.3 Å². The molecule has 0 saturated heterocycles. The van der Waals surface area contributed by atoms with Gasteiger partial charge in [0.15, 0.2) is 6.29 Å². The van der Waals surface area contributed by atoms with E-state index in [0.29, 0.717) is 18.8 Å². The minimum absolute atomic E-state index is 0. The molecule has 1 saturated carbocycles. The number of carboxylic acid groups (broad SMARTS) is 1. The molecule has 0 aromatic carbocycles. The van der Waals surface area contributed by atoms with E-state index in [1.807, 2.05) is 0 Å². The molecule has 1 aliphatic rings. The number of ether oxygens (including phenoxy) is 2. The molecule has 1 rings (SSSR count). The maximum absolute atomic E-state index is 11.1. The molecule has 0 unspecified atom stereocenters. The first-order chi connectivity index (χ1) is 8.17. The summed E-state index contributed by atoms with van der Waals surface area (Å²) in [6.45, 7) is 0. The van der Waals surface area contributed by atoms with Crippen LogP contribution in [0.25, 0.3) is 0 Å². The molecular weight excluding hydrogens is 314 g/mol. The number of hydrogen-bond acceptors (Lipinski definition) is 5. The Balaban J connectivity index is -0.000000963. The van der Waals surface area contributed by atoms with Crippen LogP contribution in [0, 0.1) is 11.8 Å². The van der Waals surface area contributed by atoms with Crippen LogP contribution in [0.5, 0.6) is 0 Å². The Labute approximate surface area is 207 Å². The zero-order valence-electron chi connectivity index (χ0n) is 13.3. The summed E-state index contributed by atoms with van der Waals surface area (Å²) >= 11 is 0. The van der Waals surface area contributed by atoms with Crippen molar-refractivity contribution in [2.24, 2.45) is 11.8 Å². The molecule has 0 amide bonds. The van der Waals surface area contributed by atoms with Gasteiger partial charge in [0.2, 0.25) is 0 Å². The van der Waals surface area contributed by atoms with Crippen molar-refractivity contribution >= 4 is 5.97 Å². The largest absolute Gasteiger partial charge is 1.00 e. The summed E-state index contributed by atoms with van der Waals surface area (Å²) in [5, 5.41) is 11.1. The second kappa shape index (κ2) is 16.5. The first-order valence-corrected chi connectivity index (χ1v) is 6.43. The monoisotopic (exact) mass is 338 g/mol. The molecule has 108 valence electrons. The topological polar surface area (TPSA) is 88.6 Å². The molecule has 0 spiro atoms. The first-order valence-electron chi connectivity index (χ1n) is 6.43. The smallest absolute Gasteiger partial charge is 0.870 e. The fraction of sp³-hybridized carbons (Fsp3) is 0.923. The zero-order chi connectivity index (χ0) is 12.7. The third kappa shape index (κ3) is 11.2. The third-order valence-electron chi connectivity index (χ3n) is 3.68. The predicted molar refractivity (Wildman–Crippen MR) is 64.0 cm³/mol. The maximum Gasteiger partial charge on any atom is 1.00 e. The van der Waals surface area contributed by atoms with E-state index < -0.39 is 18.2 Å². The van der Waals surface area contributed by atoms with Crippen molar-refractivity contribution in [2.75, 3.05) is 14.2 Å². The van der Waals surface area contributed by atoms with Crippen molar-refractivity contribution in [3.05, 3.63) is 0 Å². The van der Waals surface area contributed by atoms with Gasteiger partial charge in [-0.15, -0.1) is 0 Å². The Kier molecular flexibility index (Phi) is 22.6. The van der Waals surface area contributed by atoms with E-state index >= 15 is 0 Å². The molecule has 7 heteroatoms. The standard InChI is InChI=1S/C13H24O4.2K.H2O/c1-16-12(17-2)9-11(13(14)15)8-10-6-4-3-5-7-10;;;/h10-12H,3-9H2,1-2H3,(H,14,15);;;1H2/q;2*+1;/p-2/t11-;;;/m0.../s1. The summed E-state index contributed by atoms with van der Waals surface area (Å²) in [7, 11) is 3.06. The van der Waals surface area contributed by atoms with E-state index in [4.69, 9.17) is 9.47 Å². The van der Waals surface area contributed by atoms with Gasteiger partial charge in [-0.1, -0.05) is 32.1 Å². The molecule has 0 heterocycles. The Bertz CT molecular complexity index is 231. The van der Waals surface area contributed by atoms with Crippen molar-refractivity contribution in [1.29, 1.82) is 0 Å². The molecule has 1 atom stereocenters. The SMILES string of the molecule is COC(C[C@H](CC1CCCCC1)C(=O)[O-])OC.[K+].[K+].[OH-]. The van der Waals surface area contributed by atoms with Gasteiger partial charge >= 0.3 is 103 Å². The predicted octanol–water partition coefficient (Wildman–Crippen LogP) is -4.84. The van der Waals surface area contributed by atoms with Gasteiger partial charge in [-0.2, -0.15) is 0 Å². The molecule has 0 aliphatic heterocycles. The van der Waals surface area contributed by atoms with Crippen molar-refractivity contribution in [3.63, 3.8) is 0 Å². The van der Waals surface area contributed by atoms with Crippen LogP contribution >= 0.6 is 0 Å². The van der Waals surface area contributed by atoms with Crippen LogP contribution in [0.1, 0.15) is 44.9 Å². The van der Waals surface area contributed by atoms with Gasteiger partial charge in [-0.25, -0.2) is 0 Å². The van der Waals surface area contributed by atoms with Crippen LogP contribution < -0.4 is 108 Å². The van der Waals surface area contributed by atoms with Crippen molar-refractivity contribution in [2.45, 2.75) is 51.2 Å². The summed E-state index contributed by atoms with van der Waals surface area (Å²) in [6, 6.07) is 0. The molecule has 0 aromatic heterocycles. The zero-order valence-corrected chi connectivity index (χ0v) is 19.5. The number of rotatable bonds is 7. The maximum atomic E-state index is 11.1. The van der Waals surface area contributed by atoms with E-state index in [0.717, 1.165) is 12.8 Å². The molecule has 5 nitrogen and oxygen atoms in total. The summed E-state index contributed by atoms with van der Waals surface area (Å²) in [4.78, 5) is 11.1. The minimum atomic E-state index is -0.977. The summed E-state index contributed by atoms with van der Waals surface area (Å²) < 4.78 is 10.1. The quantitative estimate of drug-likeness (QED) is 0.343. The number of carbonyl (C=O) groups excluding carboxylic acids is 1. The van der Waals surface area contributed by atoms with Crippen LogP contribution in [0.2, 0.25) is 0 Å². The molecule has 0 radical (unpaired) electrons. The Morgan fingerprint density at radius 1 is 1.15 bits per heavy atom. The molecule has 1 aliphatic carbocycles. The van der Waals surface area contributed by atoms with Crippen molar-refractivity contribution < 1.29 is 128 Å². The molecule has 20 heavy (non-hydrogen) atoms. The van der Waals surface area contributed by atoms with Gasteiger partial charge < -0.3 is 24.9 Å². The van der Waals surface area contributed by atoms with E-state index in [1.165, 1.54) is 33.5 Å². The molecular formula is C13H24K2O5. The first kappa shape index (κ1) is 27.5. The van der Waals surface area contributed by atoms with Gasteiger partial charge in [-0.3, -0.25) is 0 Å². The minimum Gasteiger partial charge on any atom is -0.870 e. The Morgan fingerprint density at radius 2 is 1.65 bits per heavy atom. The van der Waals surface area contributed by atoms with Crippen LogP contribution in [0.15, 0.2) is 0 Å². The van der Waals surface area contributed by atoms with Gasteiger partial charge in [0.1, 0.15) is 0 Å². The molecule has 0 aromatic rings. The van der Waals surface area contributed by atoms with E-state index in [1.54, 1.807) is 0 Å². The Morgan fingerprint density at radius 3 is 2.05 bits per heavy atom. The number of carboxylic acids is 1. The van der Waals surface area contributed by atoms with Gasteiger partial charge in [0.05, 0.1) is 0 Å². The number of methoxy groups -OCH3 is 2. The molecule has 1 N–H and O–H groups in total. The summed E-state index contributed by atoms with van der Waals surface area (Å²) in [5.74, 6) is -0.904. The van der Waals surface area contributed by atoms with Gasteiger partial charge in [-0.05, 0) is 12.3 Å². The van der Waals surface area contributed by atoms with Crippen molar-refractivity contribution in [1.82, 2.24) is 0 Å². The van der Waals surface area contributed by atoms with Gasteiger partial charge in [0.25, 0.3) is 0 Å². The molecule has 0 bridgehead atoms. The van der Waals surface area contributed by atoms with E-state index in [-0.39, 0.29) is 108 Å². The second-order valence-corrected chi connectivity index (χ2v) is 4.89. The normalized spacial score (nSPS) is 16.6. The third-order valence-corrected chi connectivity index (χ3v) is 3.68. The van der Waals surface area contributed by atoms with Crippen LogP contribution in [0.4, 0.5) is 0 Å². The molecule has 1 fully saturated rings. The Hall–Kier alpha value is 2.62. The van der Waals surface area contributed by atoms with Crippen molar-refractivity contribution in [3.8, 4) is 0 Å². The van der Waals surface area contributed by atoms with Gasteiger partial charge in [0, 0.05) is 32.5 Å². The number of aliphatic carboxylic acids is 1. The summed E-state index contributed by atoms with van der Waals surface area (Å²) in [5.41, 5.74) is 0. The van der Waals surface area contributed by atoms with E-state index in [9.17, 15) is 9.90 Å².